The van der Waals surface area contributed by atoms with Crippen LogP contribution in [0.1, 0.15) is 5.56 Å². The van der Waals surface area contributed by atoms with E-state index in [4.69, 9.17) is 5.26 Å². The van der Waals surface area contributed by atoms with Gasteiger partial charge in [-0.1, -0.05) is 48.5 Å². The van der Waals surface area contributed by atoms with Crippen molar-refractivity contribution in [3.63, 3.8) is 0 Å². The van der Waals surface area contributed by atoms with Gasteiger partial charge in [0.2, 0.25) is 0 Å². The molecule has 0 aliphatic rings. The van der Waals surface area contributed by atoms with Crippen molar-refractivity contribution < 1.29 is 8.42 Å². The maximum atomic E-state index is 13.2. The zero-order valence-electron chi connectivity index (χ0n) is 18.6. The van der Waals surface area contributed by atoms with Crippen molar-refractivity contribution in [2.24, 2.45) is 4.99 Å². The Hall–Kier alpha value is -4.68. The third-order valence-electron chi connectivity index (χ3n) is 5.02. The van der Waals surface area contributed by atoms with E-state index in [1.54, 1.807) is 54.9 Å². The highest BCUT2D eigenvalue weighted by Crippen LogP contribution is 2.29. The second kappa shape index (κ2) is 11.0. The monoisotopic (exact) mass is 482 g/mol. The van der Waals surface area contributed by atoms with Gasteiger partial charge >= 0.3 is 0 Å². The average molecular weight is 483 g/mol. The van der Waals surface area contributed by atoms with Crippen molar-refractivity contribution in [3.8, 4) is 17.3 Å². The van der Waals surface area contributed by atoms with Crippen LogP contribution in [0.2, 0.25) is 0 Å². The van der Waals surface area contributed by atoms with Gasteiger partial charge < -0.3 is 0 Å². The lowest BCUT2D eigenvalue weighted by Crippen LogP contribution is -2.32. The molecule has 35 heavy (non-hydrogen) atoms. The summed E-state index contributed by atoms with van der Waals surface area (Å²) < 4.78 is 28.9. The molecule has 0 unspecified atom stereocenters. The summed E-state index contributed by atoms with van der Waals surface area (Å²) in [5.74, 6) is 0. The molecule has 1 heterocycles. The van der Waals surface area contributed by atoms with Crippen LogP contribution >= 0.6 is 0 Å². The summed E-state index contributed by atoms with van der Waals surface area (Å²) in [5, 5.41) is 10.5. The average Bonchev–Trinajstić information content (AvgIpc) is 2.89. The third-order valence-corrected chi connectivity index (χ3v) is 6.46. The highest BCUT2D eigenvalue weighted by Gasteiger charge is 2.19. The van der Waals surface area contributed by atoms with E-state index in [9.17, 15) is 8.42 Å². The number of rotatable bonds is 9. The summed E-state index contributed by atoms with van der Waals surface area (Å²) in [6.07, 6.45) is 6.73. The fourth-order valence-corrected chi connectivity index (χ4v) is 4.67. The van der Waals surface area contributed by atoms with Crippen LogP contribution in [0.3, 0.4) is 0 Å². The zero-order valence-corrected chi connectivity index (χ0v) is 19.4. The van der Waals surface area contributed by atoms with Gasteiger partial charge in [-0.05, 0) is 53.6 Å². The summed E-state index contributed by atoms with van der Waals surface area (Å²) in [5.41, 5.74) is 5.96. The zero-order chi connectivity index (χ0) is 24.5. The topological polar surface area (TPSA) is 110 Å². The number of benzene rings is 3. The molecule has 0 saturated carbocycles. The standard InChI is InChI=1S/C26H22N6O2S/c27-19-30-32(18-21-14-16-28-17-15-21)20-29-23-10-12-24(13-11-23)31-35(33,34)26-9-5-4-8-25(26)22-6-2-1-3-7-22/h1-17,20,30-31H,18H2. The molecule has 8 nitrogen and oxygen atoms in total. The number of hydrazine groups is 1. The Kier molecular flexibility index (Phi) is 7.35. The molecule has 4 rings (SSSR count). The van der Waals surface area contributed by atoms with Crippen molar-refractivity contribution in [2.75, 3.05) is 4.72 Å². The van der Waals surface area contributed by atoms with Crippen LogP contribution < -0.4 is 10.1 Å². The van der Waals surface area contributed by atoms with Crippen LogP contribution in [-0.2, 0) is 16.6 Å². The molecule has 1 aromatic heterocycles. The largest absolute Gasteiger partial charge is 0.280 e. The number of aliphatic imine (C=N–C) groups is 1. The first-order valence-electron chi connectivity index (χ1n) is 10.7. The smallest absolute Gasteiger partial charge is 0.262 e. The van der Waals surface area contributed by atoms with Crippen LogP contribution in [-0.4, -0.2) is 24.7 Å². The highest BCUT2D eigenvalue weighted by molar-refractivity contribution is 7.92. The van der Waals surface area contributed by atoms with Crippen LogP contribution in [0.15, 0.2) is 113 Å². The van der Waals surface area contributed by atoms with Crippen LogP contribution in [0.4, 0.5) is 11.4 Å². The number of nitrogens with one attached hydrogen (secondary N) is 2. The van der Waals surface area contributed by atoms with Crippen molar-refractivity contribution in [2.45, 2.75) is 11.4 Å². The molecular formula is C26H22N6O2S. The van der Waals surface area contributed by atoms with Gasteiger partial charge in [0.25, 0.3) is 10.0 Å². The maximum Gasteiger partial charge on any atom is 0.262 e. The highest BCUT2D eigenvalue weighted by atomic mass is 32.2. The van der Waals surface area contributed by atoms with Crippen LogP contribution in [0.25, 0.3) is 11.1 Å². The quantitative estimate of drug-likeness (QED) is 0.118. The lowest BCUT2D eigenvalue weighted by Gasteiger charge is -2.16. The van der Waals surface area contributed by atoms with E-state index >= 15 is 0 Å². The Balaban J connectivity index is 1.48. The summed E-state index contributed by atoms with van der Waals surface area (Å²) >= 11 is 0. The van der Waals surface area contributed by atoms with Gasteiger partial charge in [0.1, 0.15) is 6.34 Å². The predicted molar refractivity (Wildman–Crippen MR) is 136 cm³/mol. The van der Waals surface area contributed by atoms with Gasteiger partial charge in [-0.25, -0.2) is 18.8 Å². The number of nitrogens with zero attached hydrogens (tertiary/aromatic N) is 4. The number of nitriles is 1. The molecule has 0 radical (unpaired) electrons. The second-order valence-corrected chi connectivity index (χ2v) is 9.12. The van der Waals surface area contributed by atoms with Gasteiger partial charge in [-0.3, -0.25) is 14.7 Å². The number of hydrogen-bond donors (Lipinski definition) is 2. The van der Waals surface area contributed by atoms with E-state index in [0.717, 1.165) is 11.1 Å². The molecule has 0 atom stereocenters. The molecule has 9 heteroatoms. The van der Waals surface area contributed by atoms with Crippen LogP contribution in [0, 0.1) is 11.5 Å². The molecule has 0 bridgehead atoms. The fourth-order valence-electron chi connectivity index (χ4n) is 3.38. The van der Waals surface area contributed by atoms with E-state index < -0.39 is 10.0 Å². The lowest BCUT2D eigenvalue weighted by atomic mass is 10.1. The van der Waals surface area contributed by atoms with Gasteiger partial charge in [0, 0.05) is 23.6 Å². The van der Waals surface area contributed by atoms with Crippen molar-refractivity contribution >= 4 is 27.7 Å². The molecule has 0 aliphatic carbocycles. The number of hydrogen-bond acceptors (Lipinski definition) is 6. The molecule has 0 fully saturated rings. The lowest BCUT2D eigenvalue weighted by molar-refractivity contribution is 0.369. The van der Waals surface area contributed by atoms with E-state index in [-0.39, 0.29) is 4.90 Å². The molecule has 0 spiro atoms. The minimum atomic E-state index is -3.82. The predicted octanol–water partition coefficient (Wildman–Crippen LogP) is 4.70. The van der Waals surface area contributed by atoms with E-state index in [0.29, 0.717) is 23.5 Å². The third kappa shape index (κ3) is 6.22. The molecule has 2 N–H and O–H groups in total. The number of pyridine rings is 1. The normalized spacial score (nSPS) is 11.1. The molecule has 0 saturated heterocycles. The Bertz CT molecular complexity index is 1430. The molecule has 0 aliphatic heterocycles. The second-order valence-electron chi connectivity index (χ2n) is 7.47. The van der Waals surface area contributed by atoms with E-state index in [1.165, 1.54) is 11.3 Å². The molecule has 3 aromatic carbocycles. The van der Waals surface area contributed by atoms with Crippen LogP contribution in [0.5, 0.6) is 0 Å². The number of aromatic nitrogens is 1. The minimum Gasteiger partial charge on any atom is -0.280 e. The Labute approximate surface area is 204 Å². The van der Waals surface area contributed by atoms with Gasteiger partial charge in [-0.2, -0.15) is 5.26 Å². The molecule has 4 aromatic rings. The summed E-state index contributed by atoms with van der Waals surface area (Å²) in [6.45, 7) is 0.415. The summed E-state index contributed by atoms with van der Waals surface area (Å²) in [4.78, 5) is 8.54. The summed E-state index contributed by atoms with van der Waals surface area (Å²) in [6, 6.07) is 26.6. The van der Waals surface area contributed by atoms with E-state index in [2.05, 4.69) is 20.1 Å². The van der Waals surface area contributed by atoms with Gasteiger partial charge in [-0.15, -0.1) is 0 Å². The number of sulfonamides is 1. The van der Waals surface area contributed by atoms with Crippen molar-refractivity contribution in [1.29, 1.82) is 5.26 Å². The molecule has 0 amide bonds. The molecular weight excluding hydrogens is 460 g/mol. The Morgan fingerprint density at radius 2 is 1.60 bits per heavy atom. The minimum absolute atomic E-state index is 0.197. The Morgan fingerprint density at radius 3 is 2.31 bits per heavy atom. The van der Waals surface area contributed by atoms with Crippen molar-refractivity contribution in [1.82, 2.24) is 15.4 Å². The first-order valence-corrected chi connectivity index (χ1v) is 12.2. The van der Waals surface area contributed by atoms with E-state index in [1.807, 2.05) is 54.7 Å². The van der Waals surface area contributed by atoms with Crippen molar-refractivity contribution in [3.05, 3.63) is 109 Å². The Morgan fingerprint density at radius 1 is 0.914 bits per heavy atom. The fraction of sp³-hybridized carbons (Fsp3) is 0.0385. The van der Waals surface area contributed by atoms with Gasteiger partial charge in [0.15, 0.2) is 6.19 Å². The molecule has 174 valence electrons. The number of anilines is 1. The first kappa shape index (κ1) is 23.5. The first-order chi connectivity index (χ1) is 17.0. The van der Waals surface area contributed by atoms with Gasteiger partial charge in [0.05, 0.1) is 17.1 Å². The SMILES string of the molecule is N#CNN(C=Nc1ccc(NS(=O)(=O)c2ccccc2-c2ccccc2)cc1)Cc1ccncc1. The summed E-state index contributed by atoms with van der Waals surface area (Å²) in [7, 11) is -3.82. The maximum absolute atomic E-state index is 13.2.